The third-order valence-electron chi connectivity index (χ3n) is 6.91. The normalized spacial score (nSPS) is 11.0. The molecule has 6 rings (SSSR count). The fourth-order valence-corrected chi connectivity index (χ4v) is 4.88. The van der Waals surface area contributed by atoms with E-state index in [-0.39, 0.29) is 5.69 Å². The number of ether oxygens (including phenoxy) is 1. The van der Waals surface area contributed by atoms with Crippen molar-refractivity contribution in [1.29, 1.82) is 5.26 Å². The Morgan fingerprint density at radius 3 is 2.59 bits per heavy atom. The molecule has 0 aliphatic carbocycles. The molecule has 0 aliphatic heterocycles. The molecule has 0 saturated heterocycles. The van der Waals surface area contributed by atoms with E-state index in [1.54, 1.807) is 0 Å². The fraction of sp³-hybridized carbons (Fsp3) is 0.147. The molecule has 41 heavy (non-hydrogen) atoms. The zero-order chi connectivity index (χ0) is 28.2. The van der Waals surface area contributed by atoms with Gasteiger partial charge in [0.2, 0.25) is 17.5 Å². The maximum Gasteiger partial charge on any atom is 0.232 e. The van der Waals surface area contributed by atoms with Crippen LogP contribution in [0.4, 0.5) is 5.88 Å². The van der Waals surface area contributed by atoms with E-state index in [0.717, 1.165) is 56.6 Å². The molecule has 7 nitrogen and oxygen atoms in total. The van der Waals surface area contributed by atoms with Crippen molar-refractivity contribution in [3.8, 4) is 40.2 Å². The maximum absolute atomic E-state index is 9.85. The van der Waals surface area contributed by atoms with Gasteiger partial charge in [-0.05, 0) is 66.1 Å². The second kappa shape index (κ2) is 11.4. The molecule has 0 radical (unpaired) electrons. The van der Waals surface area contributed by atoms with E-state index in [2.05, 4.69) is 29.4 Å². The van der Waals surface area contributed by atoms with Gasteiger partial charge in [-0.2, -0.15) is 15.3 Å². The summed E-state index contributed by atoms with van der Waals surface area (Å²) in [7, 11) is 0. The van der Waals surface area contributed by atoms with Gasteiger partial charge < -0.3 is 14.5 Å². The van der Waals surface area contributed by atoms with Gasteiger partial charge in [0.15, 0.2) is 0 Å². The number of aromatic nitrogens is 3. The second-order valence-electron chi connectivity index (χ2n) is 9.80. The second-order valence-corrected chi connectivity index (χ2v) is 9.80. The van der Waals surface area contributed by atoms with Gasteiger partial charge >= 0.3 is 0 Å². The minimum atomic E-state index is 0.207. The number of fused-ring (bicyclic) bond motifs is 1. The van der Waals surface area contributed by atoms with E-state index in [1.165, 1.54) is 0 Å². The lowest BCUT2D eigenvalue weighted by Crippen LogP contribution is -2.01. The van der Waals surface area contributed by atoms with Crippen molar-refractivity contribution in [3.05, 3.63) is 114 Å². The molecule has 0 atom stereocenters. The van der Waals surface area contributed by atoms with Gasteiger partial charge in [0.1, 0.15) is 11.8 Å². The molecule has 6 aromatic rings. The molecular formula is C34H29N5O2. The highest BCUT2D eigenvalue weighted by atomic mass is 16.5. The number of nitrogens with zero attached hydrogens (tertiary/aromatic N) is 4. The number of benzene rings is 4. The van der Waals surface area contributed by atoms with Gasteiger partial charge in [-0.25, -0.2) is 4.68 Å². The van der Waals surface area contributed by atoms with Crippen LogP contribution in [-0.4, -0.2) is 21.4 Å². The molecule has 0 saturated carbocycles. The predicted octanol–water partition coefficient (Wildman–Crippen LogP) is 7.93. The van der Waals surface area contributed by atoms with Crippen molar-refractivity contribution in [2.45, 2.75) is 26.8 Å². The van der Waals surface area contributed by atoms with Crippen molar-refractivity contribution >= 4 is 16.7 Å². The quantitative estimate of drug-likeness (QED) is 0.201. The van der Waals surface area contributed by atoms with Crippen LogP contribution in [-0.2, 0) is 6.54 Å². The highest BCUT2D eigenvalue weighted by Crippen LogP contribution is 2.33. The van der Waals surface area contributed by atoms with Crippen LogP contribution in [0.2, 0.25) is 0 Å². The van der Waals surface area contributed by atoms with E-state index >= 15 is 0 Å². The van der Waals surface area contributed by atoms with Gasteiger partial charge in [0.25, 0.3) is 0 Å². The number of rotatable bonds is 9. The summed E-state index contributed by atoms with van der Waals surface area (Å²) < 4.78 is 13.9. The van der Waals surface area contributed by atoms with Crippen molar-refractivity contribution in [1.82, 2.24) is 14.8 Å². The largest absolute Gasteiger partial charge is 0.493 e. The molecule has 1 N–H and O–H groups in total. The highest BCUT2D eigenvalue weighted by molar-refractivity contribution is 5.94. The summed E-state index contributed by atoms with van der Waals surface area (Å²) in [6.45, 7) is 5.20. The molecule has 0 aliphatic rings. The van der Waals surface area contributed by atoms with E-state index in [9.17, 15) is 5.26 Å². The summed E-state index contributed by atoms with van der Waals surface area (Å²) in [6, 6.07) is 32.3. The zero-order valence-corrected chi connectivity index (χ0v) is 23.0. The number of oxazole rings is 1. The number of hydrogen-bond donors (Lipinski definition) is 1. The molecule has 0 spiro atoms. The monoisotopic (exact) mass is 539 g/mol. The first-order valence-electron chi connectivity index (χ1n) is 13.7. The standard InChI is InChI=1S/C34H29N5O2/c1-3-18-40-31-17-16-25(19-23(31)2)32-26(22-39(38-32)27-12-5-4-6-13-27)21-36-34-30(20-35)37-33(41-34)29-15-9-11-24-10-7-8-14-28(24)29/h4-17,19,22,36H,3,18,21H2,1-2H3. The Morgan fingerprint density at radius 1 is 0.976 bits per heavy atom. The lowest BCUT2D eigenvalue weighted by molar-refractivity contribution is 0.315. The minimum absolute atomic E-state index is 0.207. The van der Waals surface area contributed by atoms with Crippen LogP contribution in [0.15, 0.2) is 102 Å². The Labute approximate surface area is 238 Å². The number of para-hydroxylation sites is 1. The van der Waals surface area contributed by atoms with Crippen molar-refractivity contribution < 1.29 is 9.15 Å². The van der Waals surface area contributed by atoms with Crippen LogP contribution in [0.3, 0.4) is 0 Å². The van der Waals surface area contributed by atoms with Crippen LogP contribution < -0.4 is 10.1 Å². The summed E-state index contributed by atoms with van der Waals surface area (Å²) in [4.78, 5) is 4.52. The number of nitrogens with one attached hydrogen (secondary N) is 1. The minimum Gasteiger partial charge on any atom is -0.493 e. The molecule has 0 amide bonds. The topological polar surface area (TPSA) is 88.9 Å². The van der Waals surface area contributed by atoms with Crippen LogP contribution in [0.25, 0.3) is 39.2 Å². The molecule has 4 aromatic carbocycles. The van der Waals surface area contributed by atoms with Crippen LogP contribution in [0, 0.1) is 18.3 Å². The Hall–Kier alpha value is -5.35. The van der Waals surface area contributed by atoms with Crippen LogP contribution in [0.1, 0.15) is 30.2 Å². The fourth-order valence-electron chi connectivity index (χ4n) is 4.88. The lowest BCUT2D eigenvalue weighted by Gasteiger charge is -2.10. The Balaban J connectivity index is 1.34. The number of nitriles is 1. The number of anilines is 1. The predicted molar refractivity (Wildman–Crippen MR) is 161 cm³/mol. The summed E-state index contributed by atoms with van der Waals surface area (Å²) in [6.07, 6.45) is 2.95. The van der Waals surface area contributed by atoms with Crippen molar-refractivity contribution in [2.24, 2.45) is 0 Å². The first-order valence-corrected chi connectivity index (χ1v) is 13.7. The third-order valence-corrected chi connectivity index (χ3v) is 6.91. The molecule has 202 valence electrons. The third kappa shape index (κ3) is 5.28. The summed E-state index contributed by atoms with van der Waals surface area (Å²) >= 11 is 0. The molecular weight excluding hydrogens is 510 g/mol. The Kier molecular flexibility index (Phi) is 7.21. The molecule has 2 aromatic heterocycles. The molecule has 7 heteroatoms. The van der Waals surface area contributed by atoms with Gasteiger partial charge in [-0.15, -0.1) is 0 Å². The van der Waals surface area contributed by atoms with Crippen LogP contribution >= 0.6 is 0 Å². The Bertz CT molecular complexity index is 1860. The highest BCUT2D eigenvalue weighted by Gasteiger charge is 2.19. The molecule has 0 bridgehead atoms. The average Bonchev–Trinajstić information content (AvgIpc) is 3.64. The Morgan fingerprint density at radius 2 is 1.78 bits per heavy atom. The molecule has 0 fully saturated rings. The lowest BCUT2D eigenvalue weighted by atomic mass is 10.0. The maximum atomic E-state index is 9.85. The van der Waals surface area contributed by atoms with E-state index in [1.807, 2.05) is 103 Å². The first-order chi connectivity index (χ1) is 20.1. The van der Waals surface area contributed by atoms with E-state index in [0.29, 0.717) is 24.9 Å². The summed E-state index contributed by atoms with van der Waals surface area (Å²) in [5.74, 6) is 1.60. The average molecular weight is 540 g/mol. The van der Waals surface area contributed by atoms with Gasteiger partial charge in [-0.1, -0.05) is 61.5 Å². The van der Waals surface area contributed by atoms with E-state index in [4.69, 9.17) is 14.3 Å². The van der Waals surface area contributed by atoms with Crippen molar-refractivity contribution in [3.63, 3.8) is 0 Å². The van der Waals surface area contributed by atoms with Gasteiger partial charge in [0, 0.05) is 29.4 Å². The van der Waals surface area contributed by atoms with Crippen LogP contribution in [0.5, 0.6) is 5.75 Å². The molecule has 0 unspecified atom stereocenters. The smallest absolute Gasteiger partial charge is 0.232 e. The SMILES string of the molecule is CCCOc1ccc(-c2nn(-c3ccccc3)cc2CNc2oc(-c3cccc4ccccc34)nc2C#N)cc1C. The zero-order valence-electron chi connectivity index (χ0n) is 23.0. The number of hydrogen-bond acceptors (Lipinski definition) is 6. The summed E-state index contributed by atoms with van der Waals surface area (Å²) in [5, 5.41) is 20.2. The number of aryl methyl sites for hydroxylation is 1. The van der Waals surface area contributed by atoms with Gasteiger partial charge in [0.05, 0.1) is 18.0 Å². The van der Waals surface area contributed by atoms with E-state index < -0.39 is 0 Å². The molecule has 2 heterocycles. The summed E-state index contributed by atoms with van der Waals surface area (Å²) in [5.41, 5.74) is 5.80. The van der Waals surface area contributed by atoms with Gasteiger partial charge in [-0.3, -0.25) is 0 Å². The van der Waals surface area contributed by atoms with Crippen molar-refractivity contribution in [2.75, 3.05) is 11.9 Å². The first kappa shape index (κ1) is 25.9.